The SMILES string of the molecule is CCOc1ccc([C@@H]2Oc3nc(SCC)nnc3-c3cc(Cl)ccc3N2C(=O)CC)cc1. The van der Waals surface area contributed by atoms with E-state index in [1.165, 1.54) is 11.8 Å². The van der Waals surface area contributed by atoms with Crippen molar-refractivity contribution in [3.05, 3.63) is 53.1 Å². The van der Waals surface area contributed by atoms with Gasteiger partial charge in [-0.25, -0.2) is 0 Å². The summed E-state index contributed by atoms with van der Waals surface area (Å²) in [5.41, 5.74) is 2.53. The van der Waals surface area contributed by atoms with Gasteiger partial charge in [0.05, 0.1) is 12.3 Å². The Bertz CT molecular complexity index is 1130. The minimum atomic E-state index is -0.740. The summed E-state index contributed by atoms with van der Waals surface area (Å²) < 4.78 is 11.9. The molecule has 0 saturated heterocycles. The molecule has 32 heavy (non-hydrogen) atoms. The minimum Gasteiger partial charge on any atom is -0.494 e. The minimum absolute atomic E-state index is 0.101. The predicted octanol–water partition coefficient (Wildman–Crippen LogP) is 5.54. The van der Waals surface area contributed by atoms with E-state index in [-0.39, 0.29) is 5.91 Å². The molecule has 0 bridgehead atoms. The number of carbonyl (C=O) groups excluding carboxylic acids is 1. The van der Waals surface area contributed by atoms with Gasteiger partial charge in [0.15, 0.2) is 5.69 Å². The van der Waals surface area contributed by atoms with Crippen molar-refractivity contribution in [2.75, 3.05) is 17.3 Å². The Kier molecular flexibility index (Phi) is 6.81. The van der Waals surface area contributed by atoms with Gasteiger partial charge in [-0.3, -0.25) is 9.69 Å². The molecule has 9 heteroatoms. The molecule has 0 fully saturated rings. The van der Waals surface area contributed by atoms with Crippen LogP contribution in [0.5, 0.6) is 11.6 Å². The van der Waals surface area contributed by atoms with E-state index in [0.29, 0.717) is 46.0 Å². The highest BCUT2D eigenvalue weighted by Crippen LogP contribution is 2.44. The molecule has 0 radical (unpaired) electrons. The van der Waals surface area contributed by atoms with Crippen molar-refractivity contribution in [2.24, 2.45) is 0 Å². The van der Waals surface area contributed by atoms with Crippen molar-refractivity contribution >= 4 is 35.0 Å². The number of fused-ring (bicyclic) bond motifs is 3. The van der Waals surface area contributed by atoms with E-state index in [1.54, 1.807) is 17.0 Å². The summed E-state index contributed by atoms with van der Waals surface area (Å²) in [5.74, 6) is 1.75. The van der Waals surface area contributed by atoms with Gasteiger partial charge in [-0.15, -0.1) is 10.2 Å². The summed E-state index contributed by atoms with van der Waals surface area (Å²) in [5, 5.41) is 9.65. The second kappa shape index (κ2) is 9.75. The topological polar surface area (TPSA) is 77.4 Å². The number of benzene rings is 2. The van der Waals surface area contributed by atoms with Gasteiger partial charge >= 0.3 is 0 Å². The molecule has 1 aromatic heterocycles. The van der Waals surface area contributed by atoms with Crippen LogP contribution in [0.3, 0.4) is 0 Å². The van der Waals surface area contributed by atoms with Crippen molar-refractivity contribution in [1.82, 2.24) is 15.2 Å². The van der Waals surface area contributed by atoms with Crippen LogP contribution in [0.25, 0.3) is 11.3 Å². The van der Waals surface area contributed by atoms with Crippen LogP contribution in [0.4, 0.5) is 5.69 Å². The van der Waals surface area contributed by atoms with Crippen molar-refractivity contribution in [2.45, 2.75) is 38.6 Å². The Balaban J connectivity index is 1.91. The zero-order chi connectivity index (χ0) is 22.7. The highest BCUT2D eigenvalue weighted by atomic mass is 35.5. The van der Waals surface area contributed by atoms with Crippen LogP contribution in [-0.2, 0) is 4.79 Å². The largest absolute Gasteiger partial charge is 0.494 e. The average molecular weight is 471 g/mol. The lowest BCUT2D eigenvalue weighted by atomic mass is 10.1. The highest BCUT2D eigenvalue weighted by Gasteiger charge is 2.35. The molecule has 1 amide bonds. The van der Waals surface area contributed by atoms with Gasteiger partial charge in [-0.2, -0.15) is 4.98 Å². The number of halogens is 1. The van der Waals surface area contributed by atoms with Crippen LogP contribution in [0.15, 0.2) is 47.6 Å². The fourth-order valence-corrected chi connectivity index (χ4v) is 4.16. The van der Waals surface area contributed by atoms with Gasteiger partial charge in [0.2, 0.25) is 23.2 Å². The summed E-state index contributed by atoms with van der Waals surface area (Å²) in [6.45, 7) is 6.34. The molecule has 1 aliphatic rings. The summed E-state index contributed by atoms with van der Waals surface area (Å²) in [7, 11) is 0. The predicted molar refractivity (Wildman–Crippen MR) is 125 cm³/mol. The first kappa shape index (κ1) is 22.4. The molecular weight excluding hydrogens is 448 g/mol. The first-order valence-electron chi connectivity index (χ1n) is 10.4. The molecule has 0 aliphatic carbocycles. The van der Waals surface area contributed by atoms with E-state index in [1.807, 2.05) is 51.1 Å². The van der Waals surface area contributed by atoms with E-state index in [9.17, 15) is 4.79 Å². The van der Waals surface area contributed by atoms with E-state index in [0.717, 1.165) is 17.1 Å². The van der Waals surface area contributed by atoms with Crippen molar-refractivity contribution in [1.29, 1.82) is 0 Å². The molecule has 0 spiro atoms. The summed E-state index contributed by atoms with van der Waals surface area (Å²) >= 11 is 7.78. The Labute approximate surface area is 196 Å². The van der Waals surface area contributed by atoms with E-state index >= 15 is 0 Å². The zero-order valence-electron chi connectivity index (χ0n) is 18.0. The first-order chi connectivity index (χ1) is 15.5. The number of rotatable bonds is 6. The molecule has 3 aromatic rings. The monoisotopic (exact) mass is 470 g/mol. The third-order valence-electron chi connectivity index (χ3n) is 4.89. The fraction of sp³-hybridized carbons (Fsp3) is 0.304. The Morgan fingerprint density at radius 3 is 2.62 bits per heavy atom. The molecule has 1 atom stereocenters. The summed E-state index contributed by atoms with van der Waals surface area (Å²) in [6.07, 6.45) is -0.443. The Morgan fingerprint density at radius 1 is 1.16 bits per heavy atom. The lowest BCUT2D eigenvalue weighted by Crippen LogP contribution is -2.37. The Hall–Kier alpha value is -2.84. The number of anilines is 1. The fourth-order valence-electron chi connectivity index (χ4n) is 3.48. The normalized spacial score (nSPS) is 14.8. The summed E-state index contributed by atoms with van der Waals surface area (Å²) in [6, 6.07) is 12.8. The second-order valence-corrected chi connectivity index (χ2v) is 8.60. The average Bonchev–Trinajstić information content (AvgIpc) is 2.93. The van der Waals surface area contributed by atoms with E-state index in [4.69, 9.17) is 21.1 Å². The van der Waals surface area contributed by atoms with Crippen LogP contribution in [0.1, 0.15) is 39.0 Å². The van der Waals surface area contributed by atoms with E-state index in [2.05, 4.69) is 15.2 Å². The molecule has 0 unspecified atom stereocenters. The van der Waals surface area contributed by atoms with Gasteiger partial charge in [0.1, 0.15) is 5.75 Å². The van der Waals surface area contributed by atoms with Crippen molar-refractivity contribution in [3.8, 4) is 22.9 Å². The molecule has 2 aromatic carbocycles. The number of thioether (sulfide) groups is 1. The van der Waals surface area contributed by atoms with Gasteiger partial charge in [0, 0.05) is 22.6 Å². The molecule has 4 rings (SSSR count). The number of hydrogen-bond donors (Lipinski definition) is 0. The molecule has 7 nitrogen and oxygen atoms in total. The molecule has 2 heterocycles. The maximum absolute atomic E-state index is 13.2. The quantitative estimate of drug-likeness (QED) is 0.438. The molecule has 0 N–H and O–H groups in total. The zero-order valence-corrected chi connectivity index (χ0v) is 19.6. The third-order valence-corrected chi connectivity index (χ3v) is 5.84. The number of hydrogen-bond acceptors (Lipinski definition) is 7. The summed E-state index contributed by atoms with van der Waals surface area (Å²) in [4.78, 5) is 19.4. The maximum Gasteiger partial charge on any atom is 0.247 e. The number of aromatic nitrogens is 3. The standard InChI is InChI=1S/C23H23ClN4O3S/c1-4-19(29)28-18-12-9-15(24)13-17(18)20-21(25-23(27-26-20)32-6-3)31-22(28)14-7-10-16(11-8-14)30-5-2/h7-13,22H,4-6H2,1-3H3/t22-/m0/s1. The van der Waals surface area contributed by atoms with Crippen LogP contribution < -0.4 is 14.4 Å². The highest BCUT2D eigenvalue weighted by molar-refractivity contribution is 7.99. The van der Waals surface area contributed by atoms with Gasteiger partial charge in [-0.05, 0) is 55.1 Å². The van der Waals surface area contributed by atoms with Crippen LogP contribution in [-0.4, -0.2) is 33.4 Å². The number of ether oxygens (including phenoxy) is 2. The lowest BCUT2D eigenvalue weighted by Gasteiger charge is -2.30. The number of amides is 1. The molecular formula is C23H23ClN4O3S. The van der Waals surface area contributed by atoms with Crippen LogP contribution in [0, 0.1) is 0 Å². The Morgan fingerprint density at radius 2 is 1.94 bits per heavy atom. The molecule has 0 saturated carbocycles. The molecule has 1 aliphatic heterocycles. The molecule has 166 valence electrons. The van der Waals surface area contributed by atoms with E-state index < -0.39 is 6.23 Å². The van der Waals surface area contributed by atoms with Crippen molar-refractivity contribution < 1.29 is 14.3 Å². The lowest BCUT2D eigenvalue weighted by molar-refractivity contribution is -0.120. The number of carbonyl (C=O) groups is 1. The van der Waals surface area contributed by atoms with Gasteiger partial charge in [-0.1, -0.05) is 37.2 Å². The smallest absolute Gasteiger partial charge is 0.247 e. The number of nitrogens with zero attached hydrogens (tertiary/aromatic N) is 4. The van der Waals surface area contributed by atoms with Crippen LogP contribution in [0.2, 0.25) is 5.02 Å². The van der Waals surface area contributed by atoms with Gasteiger partial charge in [0.25, 0.3) is 0 Å². The maximum atomic E-state index is 13.2. The second-order valence-electron chi connectivity index (χ2n) is 6.93. The van der Waals surface area contributed by atoms with Crippen molar-refractivity contribution in [3.63, 3.8) is 0 Å². The van der Waals surface area contributed by atoms with Crippen LogP contribution >= 0.6 is 23.4 Å². The van der Waals surface area contributed by atoms with Gasteiger partial charge < -0.3 is 9.47 Å². The first-order valence-corrected chi connectivity index (χ1v) is 11.8. The third kappa shape index (κ3) is 4.38.